The second-order valence-electron chi connectivity index (χ2n) is 17.2. The molecule has 3 N–H and O–H groups in total. The monoisotopic (exact) mass is 804 g/mol. The lowest BCUT2D eigenvalue weighted by molar-refractivity contribution is -0.148. The average molecular weight is 804 g/mol. The molecule has 0 aliphatic rings. The molecule has 0 bridgehead atoms. The molecule has 1 amide bonds. The highest BCUT2D eigenvalue weighted by molar-refractivity contribution is 5.78. The summed E-state index contributed by atoms with van der Waals surface area (Å²) in [6, 6.07) is -0.726. The highest BCUT2D eigenvalue weighted by Crippen LogP contribution is 2.17. The number of allylic oxidation sites excluding steroid dienone is 3. The number of esters is 1. The zero-order valence-electron chi connectivity index (χ0n) is 38.2. The van der Waals surface area contributed by atoms with Crippen LogP contribution < -0.4 is 5.32 Å². The van der Waals surface area contributed by atoms with E-state index in [0.717, 1.165) is 51.4 Å². The van der Waals surface area contributed by atoms with Crippen molar-refractivity contribution >= 4 is 11.9 Å². The number of carbonyl (C=O) groups is 2. The molecule has 0 heterocycles. The number of ether oxygens (including phenoxy) is 1. The quantitative estimate of drug-likeness (QED) is 0.0324. The van der Waals surface area contributed by atoms with E-state index in [1.54, 1.807) is 0 Å². The first-order valence-corrected chi connectivity index (χ1v) is 25.1. The van der Waals surface area contributed by atoms with E-state index in [4.69, 9.17) is 4.74 Å². The number of hydrogen-bond acceptors (Lipinski definition) is 5. The minimum atomic E-state index is -0.805. The van der Waals surface area contributed by atoms with Crippen LogP contribution in [0.3, 0.4) is 0 Å². The van der Waals surface area contributed by atoms with Crippen molar-refractivity contribution in [2.75, 3.05) is 6.61 Å². The van der Waals surface area contributed by atoms with Crippen molar-refractivity contribution in [3.63, 3.8) is 0 Å². The minimum absolute atomic E-state index is 0.0235. The summed E-state index contributed by atoms with van der Waals surface area (Å²) in [4.78, 5) is 26.0. The predicted octanol–water partition coefficient (Wildman–Crippen LogP) is 14.7. The van der Waals surface area contributed by atoms with Crippen LogP contribution in [-0.4, -0.2) is 46.9 Å². The predicted molar refractivity (Wildman–Crippen MR) is 246 cm³/mol. The minimum Gasteiger partial charge on any atom is -0.458 e. The Hall–Kier alpha value is -1.66. The fourth-order valence-electron chi connectivity index (χ4n) is 7.69. The van der Waals surface area contributed by atoms with Crippen molar-refractivity contribution < 1.29 is 24.5 Å². The summed E-state index contributed by atoms with van der Waals surface area (Å²) in [5, 5.41) is 23.6. The first-order chi connectivity index (χ1) is 28.0. The fraction of sp³-hybridized carbons (Fsp3) is 0.882. The zero-order valence-corrected chi connectivity index (χ0v) is 38.2. The van der Waals surface area contributed by atoms with Crippen molar-refractivity contribution in [2.45, 2.75) is 283 Å². The van der Waals surface area contributed by atoms with E-state index in [1.807, 2.05) is 12.2 Å². The van der Waals surface area contributed by atoms with E-state index in [1.165, 1.54) is 173 Å². The van der Waals surface area contributed by atoms with Gasteiger partial charge in [0.05, 0.1) is 25.2 Å². The Kier molecular flexibility index (Phi) is 44.1. The van der Waals surface area contributed by atoms with Gasteiger partial charge < -0.3 is 20.3 Å². The molecule has 0 fully saturated rings. The highest BCUT2D eigenvalue weighted by atomic mass is 16.5. The smallest absolute Gasteiger partial charge is 0.306 e. The van der Waals surface area contributed by atoms with Crippen molar-refractivity contribution in [2.24, 2.45) is 0 Å². The van der Waals surface area contributed by atoms with E-state index in [9.17, 15) is 19.8 Å². The van der Waals surface area contributed by atoms with Crippen molar-refractivity contribution in [3.05, 3.63) is 24.3 Å². The Morgan fingerprint density at radius 2 is 0.930 bits per heavy atom. The molecule has 6 nitrogen and oxygen atoms in total. The normalized spacial score (nSPS) is 13.4. The summed E-state index contributed by atoms with van der Waals surface area (Å²) in [5.41, 5.74) is 0. The molecule has 6 heteroatoms. The third kappa shape index (κ3) is 40.9. The SMILES string of the molecule is CCCCCCCC/C=C\C/C=C/C(CC(=O)NC(CO)C(O)CCCCCCCCCCCCC)OC(=O)CCCCCCCCCCCCCCCCCC. The summed E-state index contributed by atoms with van der Waals surface area (Å²) < 4.78 is 5.82. The van der Waals surface area contributed by atoms with Crippen LogP contribution in [-0.2, 0) is 14.3 Å². The van der Waals surface area contributed by atoms with Gasteiger partial charge in [0.15, 0.2) is 0 Å². The van der Waals surface area contributed by atoms with E-state index in [0.29, 0.717) is 12.8 Å². The average Bonchev–Trinajstić information content (AvgIpc) is 3.20. The second-order valence-corrected chi connectivity index (χ2v) is 17.2. The van der Waals surface area contributed by atoms with Crippen LogP contribution in [0.4, 0.5) is 0 Å². The van der Waals surface area contributed by atoms with Gasteiger partial charge in [-0.3, -0.25) is 9.59 Å². The lowest BCUT2D eigenvalue weighted by Gasteiger charge is -2.23. The topological polar surface area (TPSA) is 95.9 Å². The molecule has 336 valence electrons. The maximum Gasteiger partial charge on any atom is 0.306 e. The van der Waals surface area contributed by atoms with Crippen LogP contribution in [0.2, 0.25) is 0 Å². The molecular formula is C51H97NO5. The van der Waals surface area contributed by atoms with Gasteiger partial charge in [-0.05, 0) is 38.2 Å². The maximum atomic E-state index is 13.1. The first-order valence-electron chi connectivity index (χ1n) is 25.1. The van der Waals surface area contributed by atoms with Crippen LogP contribution >= 0.6 is 0 Å². The summed E-state index contributed by atoms with van der Waals surface area (Å²) in [6.07, 6.45) is 51.3. The Morgan fingerprint density at radius 1 is 0.526 bits per heavy atom. The molecule has 3 atom stereocenters. The zero-order chi connectivity index (χ0) is 41.7. The lowest BCUT2D eigenvalue weighted by Crippen LogP contribution is -2.46. The molecule has 0 spiro atoms. The van der Waals surface area contributed by atoms with Crippen LogP contribution in [0.25, 0.3) is 0 Å². The molecule has 0 saturated heterocycles. The summed E-state index contributed by atoms with van der Waals surface area (Å²) in [6.45, 7) is 6.45. The molecule has 0 aliphatic heterocycles. The summed E-state index contributed by atoms with van der Waals surface area (Å²) in [7, 11) is 0. The van der Waals surface area contributed by atoms with Gasteiger partial charge in [-0.25, -0.2) is 0 Å². The van der Waals surface area contributed by atoms with Crippen LogP contribution in [0.15, 0.2) is 24.3 Å². The van der Waals surface area contributed by atoms with Crippen molar-refractivity contribution in [3.8, 4) is 0 Å². The molecule has 0 aromatic rings. The third-order valence-corrected chi connectivity index (χ3v) is 11.5. The van der Waals surface area contributed by atoms with Gasteiger partial charge in [0.1, 0.15) is 6.10 Å². The number of aliphatic hydroxyl groups is 2. The third-order valence-electron chi connectivity index (χ3n) is 11.5. The number of nitrogens with one attached hydrogen (secondary N) is 1. The number of hydrogen-bond donors (Lipinski definition) is 3. The second kappa shape index (κ2) is 45.4. The van der Waals surface area contributed by atoms with Crippen LogP contribution in [0, 0.1) is 0 Å². The van der Waals surface area contributed by atoms with E-state index in [2.05, 4.69) is 38.2 Å². The maximum absolute atomic E-state index is 13.1. The van der Waals surface area contributed by atoms with Gasteiger partial charge in [-0.1, -0.05) is 238 Å². The molecular weight excluding hydrogens is 707 g/mol. The van der Waals surface area contributed by atoms with Gasteiger partial charge in [0, 0.05) is 6.42 Å². The van der Waals surface area contributed by atoms with E-state index >= 15 is 0 Å². The van der Waals surface area contributed by atoms with Crippen LogP contribution in [0.1, 0.15) is 265 Å². The number of rotatable bonds is 45. The summed E-state index contributed by atoms with van der Waals surface area (Å²) >= 11 is 0. The molecule has 57 heavy (non-hydrogen) atoms. The first kappa shape index (κ1) is 55.3. The molecule has 0 radical (unpaired) electrons. The fourth-order valence-corrected chi connectivity index (χ4v) is 7.69. The Bertz CT molecular complexity index is 904. The van der Waals surface area contributed by atoms with E-state index < -0.39 is 18.2 Å². The Morgan fingerprint density at radius 3 is 1.37 bits per heavy atom. The van der Waals surface area contributed by atoms with Gasteiger partial charge in [0.2, 0.25) is 5.91 Å². The standard InChI is InChI=1S/C51H97NO5/c1-4-7-10-13-16-19-22-23-24-25-26-29-32-35-38-41-44-51(56)57-47(42-39-36-33-30-27-20-17-14-11-8-5-2)45-50(55)52-48(46-53)49(54)43-40-37-34-31-28-21-18-15-12-9-6-3/h30,33,39,42,47-49,53-54H,4-29,31-32,34-38,40-41,43-46H2,1-3H3,(H,52,55)/b33-30-,42-39+. The number of unbranched alkanes of at least 4 members (excludes halogenated alkanes) is 31. The summed E-state index contributed by atoms with van der Waals surface area (Å²) in [5.74, 6) is -0.591. The van der Waals surface area contributed by atoms with Crippen LogP contribution in [0.5, 0.6) is 0 Å². The number of aliphatic hydroxyl groups excluding tert-OH is 2. The lowest BCUT2D eigenvalue weighted by atomic mass is 10.0. The van der Waals surface area contributed by atoms with Crippen molar-refractivity contribution in [1.29, 1.82) is 0 Å². The molecule has 3 unspecified atom stereocenters. The number of amides is 1. The molecule has 0 saturated carbocycles. The number of carbonyl (C=O) groups excluding carboxylic acids is 2. The van der Waals surface area contributed by atoms with Gasteiger partial charge >= 0.3 is 5.97 Å². The van der Waals surface area contributed by atoms with Gasteiger partial charge in [-0.2, -0.15) is 0 Å². The largest absolute Gasteiger partial charge is 0.458 e. The van der Waals surface area contributed by atoms with E-state index in [-0.39, 0.29) is 24.9 Å². The molecule has 0 aromatic carbocycles. The molecule has 0 aromatic heterocycles. The van der Waals surface area contributed by atoms with Gasteiger partial charge in [-0.15, -0.1) is 0 Å². The Balaban J connectivity index is 4.57. The Labute approximate surface area is 354 Å². The molecule has 0 aliphatic carbocycles. The molecule has 0 rings (SSSR count). The van der Waals surface area contributed by atoms with Gasteiger partial charge in [0.25, 0.3) is 0 Å². The highest BCUT2D eigenvalue weighted by Gasteiger charge is 2.23. The van der Waals surface area contributed by atoms with Crippen molar-refractivity contribution in [1.82, 2.24) is 5.32 Å².